The first-order valence-electron chi connectivity index (χ1n) is 6.24. The highest BCUT2D eigenvalue weighted by Gasteiger charge is 2.09. The molecule has 1 heterocycles. The molecule has 0 unspecified atom stereocenters. The van der Waals surface area contributed by atoms with E-state index in [9.17, 15) is 8.78 Å². The van der Waals surface area contributed by atoms with Crippen molar-refractivity contribution in [2.45, 2.75) is 13.8 Å². The predicted molar refractivity (Wildman–Crippen MR) is 74.4 cm³/mol. The number of nitrogens with zero attached hydrogens (tertiary/aromatic N) is 2. The van der Waals surface area contributed by atoms with Crippen molar-refractivity contribution in [3.05, 3.63) is 59.3 Å². The highest BCUT2D eigenvalue weighted by Crippen LogP contribution is 2.24. The Kier molecular flexibility index (Phi) is 2.93. The third-order valence-electron chi connectivity index (χ3n) is 3.36. The molecule has 0 N–H and O–H groups in total. The summed E-state index contributed by atoms with van der Waals surface area (Å²) in [4.78, 5) is 8.71. The third-order valence-corrected chi connectivity index (χ3v) is 3.36. The fraction of sp³-hybridized carbons (Fsp3) is 0.125. The molecule has 4 heteroatoms. The van der Waals surface area contributed by atoms with Crippen molar-refractivity contribution in [2.24, 2.45) is 0 Å². The van der Waals surface area contributed by atoms with Gasteiger partial charge in [0.2, 0.25) is 0 Å². The highest BCUT2D eigenvalue weighted by molar-refractivity contribution is 5.78. The van der Waals surface area contributed by atoms with Crippen LogP contribution in [0.2, 0.25) is 0 Å². The van der Waals surface area contributed by atoms with E-state index < -0.39 is 11.6 Å². The molecule has 1 aromatic heterocycles. The molecule has 0 spiro atoms. The Balaban J connectivity index is 2.20. The summed E-state index contributed by atoms with van der Waals surface area (Å²) in [5, 5.41) is 0. The molecule has 20 heavy (non-hydrogen) atoms. The minimum Gasteiger partial charge on any atom is -0.252 e. The number of halogens is 2. The molecule has 0 bridgehead atoms. The van der Waals surface area contributed by atoms with Gasteiger partial charge in [0, 0.05) is 11.6 Å². The Hall–Kier alpha value is -2.36. The molecular weight excluding hydrogens is 258 g/mol. The van der Waals surface area contributed by atoms with E-state index in [0.717, 1.165) is 22.7 Å². The zero-order valence-corrected chi connectivity index (χ0v) is 11.1. The quantitative estimate of drug-likeness (QED) is 0.662. The number of rotatable bonds is 1. The van der Waals surface area contributed by atoms with E-state index in [0.29, 0.717) is 11.2 Å². The third kappa shape index (κ3) is 2.13. The van der Waals surface area contributed by atoms with Crippen LogP contribution >= 0.6 is 0 Å². The van der Waals surface area contributed by atoms with E-state index >= 15 is 0 Å². The number of fused-ring (bicyclic) bond motifs is 1. The van der Waals surface area contributed by atoms with Gasteiger partial charge in [-0.1, -0.05) is 0 Å². The van der Waals surface area contributed by atoms with Crippen molar-refractivity contribution in [2.75, 3.05) is 0 Å². The van der Waals surface area contributed by atoms with Crippen molar-refractivity contribution >= 4 is 11.0 Å². The fourth-order valence-electron chi connectivity index (χ4n) is 2.09. The summed E-state index contributed by atoms with van der Waals surface area (Å²) in [5.41, 5.74) is 4.35. The highest BCUT2D eigenvalue weighted by atomic mass is 19.1. The van der Waals surface area contributed by atoms with Crippen molar-refractivity contribution < 1.29 is 8.78 Å². The Morgan fingerprint density at radius 1 is 0.900 bits per heavy atom. The Morgan fingerprint density at radius 3 is 2.30 bits per heavy atom. The summed E-state index contributed by atoms with van der Waals surface area (Å²) in [6.07, 6.45) is 1.51. The van der Waals surface area contributed by atoms with Crippen LogP contribution in [0, 0.1) is 25.5 Å². The summed E-state index contributed by atoms with van der Waals surface area (Å²) in [6.45, 7) is 3.99. The van der Waals surface area contributed by atoms with E-state index in [1.807, 2.05) is 26.0 Å². The largest absolute Gasteiger partial charge is 0.252 e. The van der Waals surface area contributed by atoms with Crippen LogP contribution in [0.4, 0.5) is 8.78 Å². The van der Waals surface area contributed by atoms with Crippen LogP contribution in [0.15, 0.2) is 36.5 Å². The van der Waals surface area contributed by atoms with E-state index in [1.165, 1.54) is 18.3 Å². The molecule has 0 atom stereocenters. The van der Waals surface area contributed by atoms with Gasteiger partial charge in [-0.2, -0.15) is 0 Å². The van der Waals surface area contributed by atoms with Gasteiger partial charge < -0.3 is 0 Å². The summed E-state index contributed by atoms with van der Waals surface area (Å²) in [6, 6.07) is 7.30. The van der Waals surface area contributed by atoms with Gasteiger partial charge >= 0.3 is 0 Å². The summed E-state index contributed by atoms with van der Waals surface area (Å²) in [5.74, 6) is -1.24. The van der Waals surface area contributed by atoms with Gasteiger partial charge in [0.05, 0.1) is 22.9 Å². The van der Waals surface area contributed by atoms with Gasteiger partial charge in [-0.05, 0) is 49.2 Å². The molecule has 2 nitrogen and oxygen atoms in total. The number of hydrogen-bond donors (Lipinski definition) is 0. The topological polar surface area (TPSA) is 25.8 Å². The summed E-state index contributed by atoms with van der Waals surface area (Å²) < 4.78 is 26.7. The Labute approximate surface area is 115 Å². The molecule has 3 aromatic rings. The van der Waals surface area contributed by atoms with Gasteiger partial charge in [-0.25, -0.2) is 13.8 Å². The predicted octanol–water partition coefficient (Wildman–Crippen LogP) is 4.19. The van der Waals surface area contributed by atoms with Crippen molar-refractivity contribution in [1.29, 1.82) is 0 Å². The van der Waals surface area contributed by atoms with Crippen molar-refractivity contribution in [1.82, 2.24) is 9.97 Å². The van der Waals surface area contributed by atoms with Gasteiger partial charge in [0.1, 0.15) is 11.6 Å². The van der Waals surface area contributed by atoms with Crippen molar-refractivity contribution in [3.63, 3.8) is 0 Å². The SMILES string of the molecule is Cc1cc2ncc(-c3ccc(F)cc3F)nc2cc1C. The van der Waals surface area contributed by atoms with Crippen LogP contribution in [0.1, 0.15) is 11.1 Å². The number of aromatic nitrogens is 2. The Bertz CT molecular complexity index is 813. The first-order chi connectivity index (χ1) is 9.54. The normalized spacial score (nSPS) is 11.0. The molecule has 0 saturated heterocycles. The molecule has 2 aromatic carbocycles. The maximum atomic E-state index is 13.8. The van der Waals surface area contributed by atoms with Gasteiger partial charge in [-0.15, -0.1) is 0 Å². The molecule has 0 amide bonds. The van der Waals surface area contributed by atoms with Crippen LogP contribution in [0.3, 0.4) is 0 Å². The van der Waals surface area contributed by atoms with E-state index in [4.69, 9.17) is 0 Å². The van der Waals surface area contributed by atoms with Crippen molar-refractivity contribution in [3.8, 4) is 11.3 Å². The zero-order chi connectivity index (χ0) is 14.3. The summed E-state index contributed by atoms with van der Waals surface area (Å²) >= 11 is 0. The molecule has 100 valence electrons. The van der Waals surface area contributed by atoms with Crippen LogP contribution in [-0.2, 0) is 0 Å². The maximum Gasteiger partial charge on any atom is 0.135 e. The molecule has 3 rings (SSSR count). The van der Waals surface area contributed by atoms with Gasteiger partial charge in [0.25, 0.3) is 0 Å². The smallest absolute Gasteiger partial charge is 0.135 e. The molecule has 0 aliphatic carbocycles. The average Bonchev–Trinajstić information content (AvgIpc) is 2.40. The minimum absolute atomic E-state index is 0.249. The van der Waals surface area contributed by atoms with Crippen LogP contribution < -0.4 is 0 Å². The van der Waals surface area contributed by atoms with Crippen LogP contribution in [0.25, 0.3) is 22.3 Å². The lowest BCUT2D eigenvalue weighted by atomic mass is 10.1. The second kappa shape index (κ2) is 4.63. The zero-order valence-electron chi connectivity index (χ0n) is 11.1. The van der Waals surface area contributed by atoms with Crippen LogP contribution in [-0.4, -0.2) is 9.97 Å². The molecule has 0 aliphatic rings. The molecule has 0 saturated carbocycles. The first-order valence-corrected chi connectivity index (χ1v) is 6.24. The second-order valence-electron chi connectivity index (χ2n) is 4.80. The first kappa shape index (κ1) is 12.7. The average molecular weight is 270 g/mol. The number of aryl methyl sites for hydroxylation is 2. The monoisotopic (exact) mass is 270 g/mol. The molecule has 0 fully saturated rings. The van der Waals surface area contributed by atoms with E-state index in [1.54, 1.807) is 0 Å². The lowest BCUT2D eigenvalue weighted by molar-refractivity contribution is 0.585. The number of hydrogen-bond acceptors (Lipinski definition) is 2. The van der Waals surface area contributed by atoms with E-state index in [-0.39, 0.29) is 5.56 Å². The maximum absolute atomic E-state index is 13.8. The number of benzene rings is 2. The molecule has 0 aliphatic heterocycles. The summed E-state index contributed by atoms with van der Waals surface area (Å²) in [7, 11) is 0. The van der Waals surface area contributed by atoms with E-state index in [2.05, 4.69) is 9.97 Å². The fourth-order valence-corrected chi connectivity index (χ4v) is 2.09. The lowest BCUT2D eigenvalue weighted by Crippen LogP contribution is -1.93. The van der Waals surface area contributed by atoms with Gasteiger partial charge in [0.15, 0.2) is 0 Å². The molecular formula is C16H12F2N2. The minimum atomic E-state index is -0.637. The second-order valence-corrected chi connectivity index (χ2v) is 4.80. The molecule has 0 radical (unpaired) electrons. The van der Waals surface area contributed by atoms with Crippen LogP contribution in [0.5, 0.6) is 0 Å². The lowest BCUT2D eigenvalue weighted by Gasteiger charge is -2.06. The Morgan fingerprint density at radius 2 is 1.60 bits per heavy atom. The van der Waals surface area contributed by atoms with Gasteiger partial charge in [-0.3, -0.25) is 4.98 Å². The standard InChI is InChI=1S/C16H12F2N2/c1-9-5-14-15(6-10(9)2)20-16(8-19-14)12-4-3-11(17)7-13(12)18/h3-8H,1-2H3.